The first-order valence-corrected chi connectivity index (χ1v) is 13.3. The number of thiophene rings is 1. The molecule has 0 aliphatic carbocycles. The summed E-state index contributed by atoms with van der Waals surface area (Å²) in [5.74, 6) is -0.0837. The minimum absolute atomic E-state index is 0.00614. The van der Waals surface area contributed by atoms with Crippen molar-refractivity contribution in [2.75, 3.05) is 25.0 Å². The van der Waals surface area contributed by atoms with Crippen LogP contribution in [0.25, 0.3) is 0 Å². The highest BCUT2D eigenvalue weighted by Crippen LogP contribution is 2.22. The Labute approximate surface area is 217 Å². The topological polar surface area (TPSA) is 61.9 Å². The van der Waals surface area contributed by atoms with Crippen LogP contribution < -0.4 is 5.32 Å². The number of aryl methyl sites for hydroxylation is 3. The van der Waals surface area contributed by atoms with Crippen LogP contribution in [0.3, 0.4) is 0 Å². The van der Waals surface area contributed by atoms with Gasteiger partial charge in [0, 0.05) is 35.1 Å². The number of nitrogens with one attached hydrogen (secondary N) is 1. The van der Waals surface area contributed by atoms with Crippen molar-refractivity contribution in [1.82, 2.24) is 9.80 Å². The molecular weight excluding hydrogens is 470 g/mol. The zero-order valence-corrected chi connectivity index (χ0v) is 22.1. The van der Waals surface area contributed by atoms with Crippen LogP contribution in [0.1, 0.15) is 39.3 Å². The first-order chi connectivity index (χ1) is 17.4. The van der Waals surface area contributed by atoms with Crippen LogP contribution in [0, 0.1) is 20.8 Å². The lowest BCUT2D eigenvalue weighted by Crippen LogP contribution is -2.47. The van der Waals surface area contributed by atoms with Gasteiger partial charge in [-0.2, -0.15) is 0 Å². The molecule has 190 valence electrons. The van der Waals surface area contributed by atoms with Gasteiger partial charge >= 0.3 is 6.03 Å². The largest absolute Gasteiger partial charge is 0.376 e. The molecule has 1 atom stereocenters. The van der Waals surface area contributed by atoms with Crippen molar-refractivity contribution in [3.63, 3.8) is 0 Å². The third-order valence-corrected chi connectivity index (χ3v) is 7.47. The van der Waals surface area contributed by atoms with Crippen molar-refractivity contribution in [1.29, 1.82) is 0 Å². The molecule has 7 heteroatoms. The molecule has 6 nitrogen and oxygen atoms in total. The Morgan fingerprint density at radius 2 is 1.69 bits per heavy atom. The van der Waals surface area contributed by atoms with Gasteiger partial charge in [0.15, 0.2) is 0 Å². The maximum atomic E-state index is 13.7. The summed E-state index contributed by atoms with van der Waals surface area (Å²) in [4.78, 5) is 33.0. The second-order valence-corrected chi connectivity index (χ2v) is 10.8. The number of anilines is 1. The van der Waals surface area contributed by atoms with E-state index in [-0.39, 0.29) is 24.6 Å². The highest BCUT2D eigenvalue weighted by molar-refractivity contribution is 7.11. The number of ether oxygens (including phenoxy) is 1. The fourth-order valence-corrected chi connectivity index (χ4v) is 5.41. The van der Waals surface area contributed by atoms with E-state index in [4.69, 9.17) is 4.74 Å². The Morgan fingerprint density at radius 1 is 0.944 bits per heavy atom. The predicted molar refractivity (Wildman–Crippen MR) is 145 cm³/mol. The summed E-state index contributed by atoms with van der Waals surface area (Å²) in [6.07, 6.45) is 1.82. The molecule has 2 aromatic carbocycles. The Bertz CT molecular complexity index is 1150. The van der Waals surface area contributed by atoms with E-state index >= 15 is 0 Å². The Hall–Kier alpha value is -3.16. The van der Waals surface area contributed by atoms with Crippen LogP contribution >= 0.6 is 11.3 Å². The number of benzene rings is 2. The van der Waals surface area contributed by atoms with Gasteiger partial charge in [-0.3, -0.25) is 4.79 Å². The van der Waals surface area contributed by atoms with Gasteiger partial charge in [-0.15, -0.1) is 11.3 Å². The second-order valence-electron chi connectivity index (χ2n) is 9.46. The Balaban J connectivity index is 1.54. The highest BCUT2D eigenvalue weighted by atomic mass is 32.1. The van der Waals surface area contributed by atoms with Crippen LogP contribution in [-0.4, -0.2) is 47.5 Å². The van der Waals surface area contributed by atoms with Gasteiger partial charge in [-0.1, -0.05) is 48.5 Å². The molecule has 0 bridgehead atoms. The summed E-state index contributed by atoms with van der Waals surface area (Å²) < 4.78 is 5.82. The zero-order valence-electron chi connectivity index (χ0n) is 21.3. The van der Waals surface area contributed by atoms with Crippen molar-refractivity contribution in [3.8, 4) is 0 Å². The molecule has 1 N–H and O–H groups in total. The van der Waals surface area contributed by atoms with Crippen molar-refractivity contribution in [2.45, 2.75) is 52.8 Å². The molecule has 1 unspecified atom stereocenters. The number of rotatable bonds is 9. The van der Waals surface area contributed by atoms with Crippen molar-refractivity contribution < 1.29 is 14.3 Å². The predicted octanol–water partition coefficient (Wildman–Crippen LogP) is 5.92. The Morgan fingerprint density at radius 3 is 2.33 bits per heavy atom. The molecule has 1 aliphatic heterocycles. The average Bonchev–Trinajstić information content (AvgIpc) is 3.52. The zero-order chi connectivity index (χ0) is 25.5. The van der Waals surface area contributed by atoms with Gasteiger partial charge in [0.1, 0.15) is 6.54 Å². The maximum absolute atomic E-state index is 13.7. The molecule has 0 radical (unpaired) electrons. The number of hydrogen-bond donors (Lipinski definition) is 1. The normalized spacial score (nSPS) is 15.0. The number of amides is 3. The van der Waals surface area contributed by atoms with Crippen molar-refractivity contribution in [3.05, 3.63) is 87.1 Å². The van der Waals surface area contributed by atoms with E-state index in [1.165, 1.54) is 4.88 Å². The van der Waals surface area contributed by atoms with Gasteiger partial charge in [-0.25, -0.2) is 4.79 Å². The standard InChI is InChI=1S/C29H35N3O3S/c1-21-9-7-10-22(2)28(21)30-29(34)32(18-25-13-8-16-35-25)20-27(33)31(17-24-11-5-4-6-12-24)19-26-15-14-23(3)36-26/h4-7,9-12,14-15,25H,8,13,16-20H2,1-3H3,(H,30,34). The maximum Gasteiger partial charge on any atom is 0.322 e. The fourth-order valence-electron chi connectivity index (χ4n) is 4.51. The quantitative estimate of drug-likeness (QED) is 0.393. The third-order valence-electron chi connectivity index (χ3n) is 6.49. The monoisotopic (exact) mass is 505 g/mol. The fraction of sp³-hybridized carbons (Fsp3) is 0.379. The van der Waals surface area contributed by atoms with Crippen molar-refractivity contribution >= 4 is 29.0 Å². The number of hydrogen-bond acceptors (Lipinski definition) is 4. The van der Waals surface area contributed by atoms with E-state index in [1.54, 1.807) is 16.2 Å². The summed E-state index contributed by atoms with van der Waals surface area (Å²) >= 11 is 1.69. The van der Waals surface area contributed by atoms with E-state index in [0.29, 0.717) is 26.2 Å². The Kier molecular flexibility index (Phi) is 8.78. The minimum Gasteiger partial charge on any atom is -0.376 e. The third kappa shape index (κ3) is 6.95. The van der Waals surface area contributed by atoms with E-state index in [0.717, 1.165) is 40.1 Å². The van der Waals surface area contributed by atoms with Crippen LogP contribution in [0.2, 0.25) is 0 Å². The van der Waals surface area contributed by atoms with Crippen LogP contribution in [0.15, 0.2) is 60.7 Å². The number of para-hydroxylation sites is 1. The summed E-state index contributed by atoms with van der Waals surface area (Å²) in [6.45, 7) is 8.10. The summed E-state index contributed by atoms with van der Waals surface area (Å²) in [5, 5.41) is 3.06. The van der Waals surface area contributed by atoms with E-state index in [9.17, 15) is 9.59 Å². The lowest BCUT2D eigenvalue weighted by Gasteiger charge is -2.29. The van der Waals surface area contributed by atoms with Gasteiger partial charge in [0.05, 0.1) is 12.6 Å². The molecule has 0 saturated carbocycles. The molecular formula is C29H35N3O3S. The smallest absolute Gasteiger partial charge is 0.322 e. The molecule has 1 aliphatic rings. The average molecular weight is 506 g/mol. The second kappa shape index (κ2) is 12.2. The van der Waals surface area contributed by atoms with Gasteiger partial charge < -0.3 is 19.9 Å². The van der Waals surface area contributed by atoms with Crippen LogP contribution in [0.4, 0.5) is 10.5 Å². The molecule has 3 aromatic rings. The number of carbonyl (C=O) groups is 2. The molecule has 1 aromatic heterocycles. The lowest BCUT2D eigenvalue weighted by atomic mass is 10.1. The number of urea groups is 1. The van der Waals surface area contributed by atoms with E-state index in [1.807, 2.05) is 67.3 Å². The molecule has 4 rings (SSSR count). The number of nitrogens with zero attached hydrogens (tertiary/aromatic N) is 2. The van der Waals surface area contributed by atoms with E-state index in [2.05, 4.69) is 24.4 Å². The lowest BCUT2D eigenvalue weighted by molar-refractivity contribution is -0.133. The first-order valence-electron chi connectivity index (χ1n) is 12.5. The van der Waals surface area contributed by atoms with E-state index < -0.39 is 0 Å². The molecule has 2 heterocycles. The van der Waals surface area contributed by atoms with Gasteiger partial charge in [0.25, 0.3) is 0 Å². The molecule has 1 fully saturated rings. The highest BCUT2D eigenvalue weighted by Gasteiger charge is 2.27. The van der Waals surface area contributed by atoms with Gasteiger partial charge in [0.2, 0.25) is 5.91 Å². The van der Waals surface area contributed by atoms with Crippen LogP contribution in [-0.2, 0) is 22.6 Å². The summed E-state index contributed by atoms with van der Waals surface area (Å²) in [6, 6.07) is 19.8. The minimum atomic E-state index is -0.275. The van der Waals surface area contributed by atoms with Crippen LogP contribution in [0.5, 0.6) is 0 Å². The van der Waals surface area contributed by atoms with Crippen molar-refractivity contribution in [2.24, 2.45) is 0 Å². The first kappa shape index (κ1) is 25.9. The molecule has 3 amide bonds. The SMILES string of the molecule is Cc1ccc(CN(Cc2ccccc2)C(=O)CN(CC2CCCO2)C(=O)Nc2c(C)cccc2C)s1. The summed E-state index contributed by atoms with van der Waals surface area (Å²) in [7, 11) is 0. The molecule has 0 spiro atoms. The van der Waals surface area contributed by atoms with Gasteiger partial charge in [-0.05, 0) is 62.4 Å². The molecule has 1 saturated heterocycles. The number of carbonyl (C=O) groups excluding carboxylic acids is 2. The molecule has 36 heavy (non-hydrogen) atoms. The summed E-state index contributed by atoms with van der Waals surface area (Å²) in [5.41, 5.74) is 3.84.